The molecule has 2 N–H and O–H groups in total. The van der Waals surface area contributed by atoms with Crippen LogP contribution in [0.25, 0.3) is 28.0 Å². The van der Waals surface area contributed by atoms with Crippen LogP contribution in [0.3, 0.4) is 0 Å². The van der Waals surface area contributed by atoms with Gasteiger partial charge in [0.2, 0.25) is 0 Å². The lowest BCUT2D eigenvalue weighted by atomic mass is 10.1. The van der Waals surface area contributed by atoms with Gasteiger partial charge < -0.3 is 4.98 Å². The summed E-state index contributed by atoms with van der Waals surface area (Å²) in [4.78, 5) is 16.0. The number of rotatable bonds is 2. The van der Waals surface area contributed by atoms with Crippen molar-refractivity contribution < 1.29 is 0 Å². The smallest absolute Gasteiger partial charge is 0.270 e. The summed E-state index contributed by atoms with van der Waals surface area (Å²) in [6.07, 6.45) is 0. The number of H-pyrrole nitrogens is 2. The minimum absolute atomic E-state index is 0.192. The zero-order valence-corrected chi connectivity index (χ0v) is 12.8. The molecule has 2 aromatic heterocycles. The molecule has 0 radical (unpaired) electrons. The number of aromatic amines is 2. The van der Waals surface area contributed by atoms with Gasteiger partial charge in [0.05, 0.1) is 11.4 Å². The fourth-order valence-corrected chi connectivity index (χ4v) is 2.91. The Labute approximate surface area is 136 Å². The van der Waals surface area contributed by atoms with Gasteiger partial charge in [-0.2, -0.15) is 5.10 Å². The minimum Gasteiger partial charge on any atom is -0.314 e. The van der Waals surface area contributed by atoms with Crippen molar-refractivity contribution in [3.63, 3.8) is 0 Å². The van der Waals surface area contributed by atoms with Crippen molar-refractivity contribution in [2.45, 2.75) is 0 Å². The van der Waals surface area contributed by atoms with Crippen molar-refractivity contribution >= 4 is 23.3 Å². The van der Waals surface area contributed by atoms with Crippen LogP contribution in [0.4, 0.5) is 0 Å². The summed E-state index contributed by atoms with van der Waals surface area (Å²) in [5.41, 5.74) is 2.58. The zero-order chi connectivity index (χ0) is 15.8. The number of para-hydroxylation sites is 1. The summed E-state index contributed by atoms with van der Waals surface area (Å²) in [6, 6.07) is 19.0. The van der Waals surface area contributed by atoms with Crippen LogP contribution in [0.15, 0.2) is 65.5 Å². The lowest BCUT2D eigenvalue weighted by Crippen LogP contribution is -2.20. The van der Waals surface area contributed by atoms with Crippen molar-refractivity contribution in [2.75, 3.05) is 0 Å². The van der Waals surface area contributed by atoms with Crippen molar-refractivity contribution in [1.82, 2.24) is 19.7 Å². The predicted octanol–water partition coefficient (Wildman–Crippen LogP) is 3.44. The first-order valence-corrected chi connectivity index (χ1v) is 7.51. The van der Waals surface area contributed by atoms with Crippen LogP contribution >= 0.6 is 12.2 Å². The average molecular weight is 320 g/mol. The molecule has 0 saturated heterocycles. The maximum atomic E-state index is 13.0. The highest BCUT2D eigenvalue weighted by Crippen LogP contribution is 2.22. The van der Waals surface area contributed by atoms with E-state index in [9.17, 15) is 4.79 Å². The van der Waals surface area contributed by atoms with Gasteiger partial charge in [-0.05, 0) is 24.4 Å². The summed E-state index contributed by atoms with van der Waals surface area (Å²) in [7, 11) is 0. The number of aromatic nitrogens is 4. The number of fused-ring (bicyclic) bond motifs is 1. The fraction of sp³-hybridized carbons (Fsp3) is 0. The number of hydrogen-bond donors (Lipinski definition) is 2. The molecule has 0 spiro atoms. The summed E-state index contributed by atoms with van der Waals surface area (Å²) >= 11 is 5.33. The Kier molecular flexibility index (Phi) is 3.17. The average Bonchev–Trinajstić information content (AvgIpc) is 3.00. The molecule has 2 aromatic carbocycles. The van der Waals surface area contributed by atoms with Gasteiger partial charge in [0.25, 0.3) is 5.56 Å². The summed E-state index contributed by atoms with van der Waals surface area (Å²) in [6.45, 7) is 0. The van der Waals surface area contributed by atoms with Crippen LogP contribution in [-0.4, -0.2) is 19.7 Å². The van der Waals surface area contributed by atoms with E-state index in [1.807, 2.05) is 60.7 Å². The molecule has 0 aliphatic rings. The van der Waals surface area contributed by atoms with E-state index in [0.29, 0.717) is 21.5 Å². The van der Waals surface area contributed by atoms with Gasteiger partial charge in [-0.25, -0.2) is 0 Å². The summed E-state index contributed by atoms with van der Waals surface area (Å²) in [5.74, 6) is 0. The molecule has 6 heteroatoms. The van der Waals surface area contributed by atoms with Crippen molar-refractivity contribution in [3.05, 3.63) is 75.8 Å². The molecular formula is C17H12N4OS. The summed E-state index contributed by atoms with van der Waals surface area (Å²) in [5, 5.41) is 7.62. The van der Waals surface area contributed by atoms with Crippen LogP contribution in [0.2, 0.25) is 0 Å². The van der Waals surface area contributed by atoms with Crippen LogP contribution in [-0.2, 0) is 0 Å². The molecule has 0 fully saturated rings. The Bertz CT molecular complexity index is 1090. The molecule has 0 saturated carbocycles. The fourth-order valence-electron chi connectivity index (χ4n) is 2.63. The number of nitrogens with one attached hydrogen (secondary N) is 2. The Balaban J connectivity index is 2.08. The van der Waals surface area contributed by atoms with Crippen molar-refractivity contribution in [1.29, 1.82) is 0 Å². The molecule has 0 aliphatic carbocycles. The van der Waals surface area contributed by atoms with E-state index >= 15 is 0 Å². The Hall–Kier alpha value is -2.99. The molecule has 112 valence electrons. The molecule has 23 heavy (non-hydrogen) atoms. The number of hydrogen-bond acceptors (Lipinski definition) is 3. The van der Waals surface area contributed by atoms with Gasteiger partial charge in [-0.15, -0.1) is 0 Å². The highest BCUT2D eigenvalue weighted by Gasteiger charge is 2.15. The lowest BCUT2D eigenvalue weighted by Gasteiger charge is -2.06. The van der Waals surface area contributed by atoms with Crippen LogP contribution in [0.5, 0.6) is 0 Å². The number of benzene rings is 2. The third-order valence-electron chi connectivity index (χ3n) is 3.69. The SMILES string of the molecule is O=c1c2c(-c3ccccc3)[nH]nc2[nH]c(=S)n1-c1ccccc1. The van der Waals surface area contributed by atoms with E-state index in [-0.39, 0.29) is 5.56 Å². The van der Waals surface area contributed by atoms with Crippen LogP contribution < -0.4 is 5.56 Å². The van der Waals surface area contributed by atoms with Gasteiger partial charge in [0.1, 0.15) is 5.39 Å². The van der Waals surface area contributed by atoms with E-state index in [4.69, 9.17) is 12.2 Å². The quantitative estimate of drug-likeness (QED) is 0.556. The molecule has 0 bridgehead atoms. The van der Waals surface area contributed by atoms with Gasteiger partial charge in [-0.3, -0.25) is 14.5 Å². The van der Waals surface area contributed by atoms with Crippen LogP contribution in [0.1, 0.15) is 0 Å². The maximum absolute atomic E-state index is 13.0. The molecule has 0 amide bonds. The third kappa shape index (κ3) is 2.20. The topological polar surface area (TPSA) is 66.5 Å². The predicted molar refractivity (Wildman–Crippen MR) is 92.3 cm³/mol. The van der Waals surface area contributed by atoms with Gasteiger partial charge in [0.15, 0.2) is 10.4 Å². The second-order valence-electron chi connectivity index (χ2n) is 5.09. The zero-order valence-electron chi connectivity index (χ0n) is 12.0. The lowest BCUT2D eigenvalue weighted by molar-refractivity contribution is 0.935. The molecule has 5 nitrogen and oxygen atoms in total. The minimum atomic E-state index is -0.192. The molecule has 0 aliphatic heterocycles. The maximum Gasteiger partial charge on any atom is 0.270 e. The standard InChI is InChI=1S/C17H12N4OS/c22-16-13-14(11-7-3-1-4-8-11)19-20-15(13)18-17(23)21(16)12-9-5-2-6-10-12/h1-10H,(H2,18,19,20,23). The second kappa shape index (κ2) is 5.33. The Morgan fingerprint density at radius 1 is 0.957 bits per heavy atom. The molecule has 4 rings (SSSR count). The second-order valence-corrected chi connectivity index (χ2v) is 5.48. The Morgan fingerprint density at radius 2 is 1.61 bits per heavy atom. The first-order valence-electron chi connectivity index (χ1n) is 7.10. The summed E-state index contributed by atoms with van der Waals surface area (Å²) < 4.78 is 1.81. The monoisotopic (exact) mass is 320 g/mol. The normalized spacial score (nSPS) is 11.0. The van der Waals surface area contributed by atoms with E-state index in [1.54, 1.807) is 0 Å². The molecule has 0 unspecified atom stereocenters. The van der Waals surface area contributed by atoms with Crippen LogP contribution in [0, 0.1) is 4.77 Å². The van der Waals surface area contributed by atoms with Gasteiger partial charge >= 0.3 is 0 Å². The molecular weight excluding hydrogens is 308 g/mol. The van der Waals surface area contributed by atoms with E-state index < -0.39 is 0 Å². The van der Waals surface area contributed by atoms with Gasteiger partial charge in [-0.1, -0.05) is 48.5 Å². The van der Waals surface area contributed by atoms with E-state index in [2.05, 4.69) is 15.2 Å². The molecule has 0 atom stereocenters. The Morgan fingerprint density at radius 3 is 2.30 bits per heavy atom. The highest BCUT2D eigenvalue weighted by molar-refractivity contribution is 7.71. The molecule has 4 aromatic rings. The van der Waals surface area contributed by atoms with Crippen molar-refractivity contribution in [3.8, 4) is 16.9 Å². The number of nitrogens with zero attached hydrogens (tertiary/aromatic N) is 2. The van der Waals surface area contributed by atoms with Crippen molar-refractivity contribution in [2.24, 2.45) is 0 Å². The van der Waals surface area contributed by atoms with E-state index in [1.165, 1.54) is 4.57 Å². The van der Waals surface area contributed by atoms with E-state index in [0.717, 1.165) is 11.3 Å². The van der Waals surface area contributed by atoms with Gasteiger partial charge in [0, 0.05) is 5.56 Å². The first kappa shape index (κ1) is 13.7. The first-order chi connectivity index (χ1) is 11.3. The third-order valence-corrected chi connectivity index (χ3v) is 3.97. The largest absolute Gasteiger partial charge is 0.314 e. The molecule has 2 heterocycles. The highest BCUT2D eigenvalue weighted by atomic mass is 32.1.